The van der Waals surface area contributed by atoms with E-state index in [1.807, 2.05) is 13.0 Å². The zero-order valence-electron chi connectivity index (χ0n) is 18.0. The number of nitrogens with one attached hydrogen (secondary N) is 2. The van der Waals surface area contributed by atoms with Gasteiger partial charge in [0.15, 0.2) is 6.61 Å². The molecule has 1 unspecified atom stereocenters. The molecule has 2 aliphatic rings. The van der Waals surface area contributed by atoms with Crippen molar-refractivity contribution in [3.8, 4) is 5.88 Å². The van der Waals surface area contributed by atoms with Crippen molar-refractivity contribution >= 4 is 17.6 Å². The van der Waals surface area contributed by atoms with E-state index in [1.54, 1.807) is 19.1 Å². The van der Waals surface area contributed by atoms with E-state index in [9.17, 15) is 18.4 Å². The van der Waals surface area contributed by atoms with Crippen molar-refractivity contribution in [1.29, 1.82) is 0 Å². The summed E-state index contributed by atoms with van der Waals surface area (Å²) < 4.78 is 30.2. The number of alkyl halides is 2. The van der Waals surface area contributed by atoms with Gasteiger partial charge >= 0.3 is 0 Å². The number of hydrogen-bond acceptors (Lipinski definition) is 5. The summed E-state index contributed by atoms with van der Waals surface area (Å²) in [5.74, 6) is 0.495. The first-order valence-electron chi connectivity index (χ1n) is 10.8. The molecule has 2 amide bonds. The normalized spacial score (nSPS) is 16.5. The zero-order valence-corrected chi connectivity index (χ0v) is 18.0. The highest BCUT2D eigenvalue weighted by atomic mass is 19.3. The minimum Gasteiger partial charge on any atom is -0.471 e. The van der Waals surface area contributed by atoms with Crippen LogP contribution >= 0.6 is 0 Å². The lowest BCUT2D eigenvalue weighted by atomic mass is 10.1. The Morgan fingerprint density at radius 1 is 1.19 bits per heavy atom. The monoisotopic (exact) mass is 444 g/mol. The fourth-order valence-electron chi connectivity index (χ4n) is 3.47. The van der Waals surface area contributed by atoms with Gasteiger partial charge in [0.1, 0.15) is 5.82 Å². The fraction of sp³-hybridized carbons (Fsp3) is 0.478. The van der Waals surface area contributed by atoms with Gasteiger partial charge in [0.05, 0.1) is 6.04 Å². The minimum absolute atomic E-state index is 0.0374. The summed E-state index contributed by atoms with van der Waals surface area (Å²) in [4.78, 5) is 33.4. The molecule has 0 bridgehead atoms. The summed E-state index contributed by atoms with van der Waals surface area (Å²) in [5, 5.41) is 5.70. The van der Waals surface area contributed by atoms with Crippen molar-refractivity contribution < 1.29 is 23.1 Å². The number of aryl methyl sites for hydroxylation is 1. The molecule has 0 spiro atoms. The van der Waals surface area contributed by atoms with Gasteiger partial charge in [0.25, 0.3) is 12.3 Å². The molecule has 2 fully saturated rings. The van der Waals surface area contributed by atoms with Gasteiger partial charge in [-0.1, -0.05) is 0 Å². The lowest BCUT2D eigenvalue weighted by molar-refractivity contribution is -0.117. The Bertz CT molecular complexity index is 1020. The van der Waals surface area contributed by atoms with E-state index in [2.05, 4.69) is 20.6 Å². The van der Waals surface area contributed by atoms with Crippen LogP contribution in [0.1, 0.15) is 71.7 Å². The van der Waals surface area contributed by atoms with Crippen LogP contribution in [0.2, 0.25) is 0 Å². The van der Waals surface area contributed by atoms with Crippen molar-refractivity contribution in [2.45, 2.75) is 57.9 Å². The maximum atomic E-state index is 12.9. The summed E-state index contributed by atoms with van der Waals surface area (Å²) in [7, 11) is 0. The number of amides is 2. The second-order valence-corrected chi connectivity index (χ2v) is 8.48. The third kappa shape index (κ3) is 5.57. The van der Waals surface area contributed by atoms with Gasteiger partial charge in [0, 0.05) is 28.9 Å². The molecule has 2 N–H and O–H groups in total. The van der Waals surface area contributed by atoms with Crippen molar-refractivity contribution in [3.63, 3.8) is 0 Å². The smallest absolute Gasteiger partial charge is 0.272 e. The molecule has 2 saturated carbocycles. The largest absolute Gasteiger partial charge is 0.471 e. The Hall–Kier alpha value is -3.10. The highest BCUT2D eigenvalue weighted by molar-refractivity contribution is 5.97. The SMILES string of the molecule is Cc1cc(C(=O)NC(C)c2cnc(OCC(F)F)c(C3CC3)c2)cc(NC(=O)C2CC2)n1. The number of ether oxygens (including phenoxy) is 1. The van der Waals surface area contributed by atoms with Crippen LogP contribution in [-0.4, -0.2) is 34.8 Å². The van der Waals surface area contributed by atoms with Gasteiger partial charge in [-0.2, -0.15) is 0 Å². The van der Waals surface area contributed by atoms with Gasteiger partial charge in [-0.05, 0) is 69.2 Å². The molecule has 0 radical (unpaired) electrons. The number of rotatable bonds is 9. The summed E-state index contributed by atoms with van der Waals surface area (Å²) in [6.45, 7) is 2.89. The molecular weight excluding hydrogens is 418 g/mol. The van der Waals surface area contributed by atoms with Crippen LogP contribution in [0.15, 0.2) is 24.4 Å². The van der Waals surface area contributed by atoms with Crippen LogP contribution in [0.3, 0.4) is 0 Å². The Kier molecular flexibility index (Phi) is 6.34. The number of hydrogen-bond donors (Lipinski definition) is 2. The molecule has 0 aliphatic heterocycles. The molecule has 170 valence electrons. The summed E-state index contributed by atoms with van der Waals surface area (Å²) in [6.07, 6.45) is 2.66. The first-order chi connectivity index (χ1) is 15.3. The Balaban J connectivity index is 1.45. The number of nitrogens with zero attached hydrogens (tertiary/aromatic N) is 2. The standard InChI is InChI=1S/C23H26F2N4O3/c1-12-7-16(9-20(27-12)29-21(30)15-5-6-15)22(31)28-13(2)17-8-18(14-3-4-14)23(26-10-17)32-11-19(24)25/h7-10,13-15,19H,3-6,11H2,1-2H3,(H,28,31)(H,27,29,30). The second-order valence-electron chi connectivity index (χ2n) is 8.48. The van der Waals surface area contributed by atoms with Crippen LogP contribution in [0.4, 0.5) is 14.6 Å². The van der Waals surface area contributed by atoms with Gasteiger partial charge in [-0.25, -0.2) is 18.7 Å². The molecule has 7 nitrogen and oxygen atoms in total. The predicted molar refractivity (Wildman–Crippen MR) is 114 cm³/mol. The average Bonchev–Trinajstić information content (AvgIpc) is 3.63. The van der Waals surface area contributed by atoms with Crippen molar-refractivity contribution in [1.82, 2.24) is 15.3 Å². The molecule has 2 aliphatic carbocycles. The van der Waals surface area contributed by atoms with E-state index in [4.69, 9.17) is 4.74 Å². The Morgan fingerprint density at radius 3 is 2.59 bits per heavy atom. The molecule has 2 heterocycles. The Morgan fingerprint density at radius 2 is 1.94 bits per heavy atom. The average molecular weight is 444 g/mol. The first kappa shape index (κ1) is 22.1. The highest BCUT2D eigenvalue weighted by Crippen LogP contribution is 2.44. The highest BCUT2D eigenvalue weighted by Gasteiger charge is 2.30. The predicted octanol–water partition coefficient (Wildman–Crippen LogP) is 4.15. The summed E-state index contributed by atoms with van der Waals surface area (Å²) in [6, 6.07) is 4.72. The molecule has 2 aromatic rings. The number of carbonyl (C=O) groups excluding carboxylic acids is 2. The second kappa shape index (κ2) is 9.18. The van der Waals surface area contributed by atoms with Gasteiger partial charge in [-0.15, -0.1) is 0 Å². The maximum Gasteiger partial charge on any atom is 0.272 e. The molecule has 32 heavy (non-hydrogen) atoms. The van der Waals surface area contributed by atoms with Crippen LogP contribution < -0.4 is 15.4 Å². The molecular formula is C23H26F2N4O3. The van der Waals surface area contributed by atoms with E-state index >= 15 is 0 Å². The zero-order chi connectivity index (χ0) is 22.8. The van der Waals surface area contributed by atoms with Crippen molar-refractivity contribution in [2.75, 3.05) is 11.9 Å². The summed E-state index contributed by atoms with van der Waals surface area (Å²) in [5.41, 5.74) is 2.57. The van der Waals surface area contributed by atoms with Gasteiger partial charge in [-0.3, -0.25) is 9.59 Å². The van der Waals surface area contributed by atoms with E-state index in [0.29, 0.717) is 17.1 Å². The minimum atomic E-state index is -2.57. The number of pyridine rings is 2. The van der Waals surface area contributed by atoms with Crippen LogP contribution in [0.25, 0.3) is 0 Å². The lowest BCUT2D eigenvalue weighted by Crippen LogP contribution is -2.27. The summed E-state index contributed by atoms with van der Waals surface area (Å²) >= 11 is 0. The molecule has 9 heteroatoms. The van der Waals surface area contributed by atoms with Gasteiger partial charge < -0.3 is 15.4 Å². The van der Waals surface area contributed by atoms with Crippen molar-refractivity contribution in [2.24, 2.45) is 5.92 Å². The van der Waals surface area contributed by atoms with E-state index < -0.39 is 13.0 Å². The van der Waals surface area contributed by atoms with E-state index in [0.717, 1.165) is 36.8 Å². The molecule has 0 saturated heterocycles. The van der Waals surface area contributed by atoms with Crippen molar-refractivity contribution in [3.05, 3.63) is 46.8 Å². The molecule has 1 atom stereocenters. The number of carbonyl (C=O) groups is 2. The number of anilines is 1. The van der Waals surface area contributed by atoms with E-state index in [-0.39, 0.29) is 35.6 Å². The van der Waals surface area contributed by atoms with E-state index in [1.165, 1.54) is 6.20 Å². The van der Waals surface area contributed by atoms with Crippen LogP contribution in [0.5, 0.6) is 5.88 Å². The third-order valence-corrected chi connectivity index (χ3v) is 5.53. The third-order valence-electron chi connectivity index (χ3n) is 5.53. The topological polar surface area (TPSA) is 93.2 Å². The Labute approximate surface area is 185 Å². The molecule has 4 rings (SSSR count). The lowest BCUT2D eigenvalue weighted by Gasteiger charge is -2.17. The molecule has 2 aromatic heterocycles. The molecule has 0 aromatic carbocycles. The van der Waals surface area contributed by atoms with Crippen LogP contribution in [0, 0.1) is 12.8 Å². The number of aromatic nitrogens is 2. The number of halogens is 2. The van der Waals surface area contributed by atoms with Gasteiger partial charge in [0.2, 0.25) is 11.8 Å². The fourth-order valence-corrected chi connectivity index (χ4v) is 3.47. The van der Waals surface area contributed by atoms with Crippen LogP contribution in [-0.2, 0) is 4.79 Å². The maximum absolute atomic E-state index is 12.9. The quantitative estimate of drug-likeness (QED) is 0.606. The first-order valence-corrected chi connectivity index (χ1v) is 10.8.